The Morgan fingerprint density at radius 1 is 1.32 bits per heavy atom. The van der Waals surface area contributed by atoms with Gasteiger partial charge in [-0.2, -0.15) is 0 Å². The average Bonchev–Trinajstić information content (AvgIpc) is 3.23. The van der Waals surface area contributed by atoms with Gasteiger partial charge in [0.2, 0.25) is 0 Å². The fourth-order valence-corrected chi connectivity index (χ4v) is 1.92. The molecule has 2 aromatic rings. The molecule has 98 valence electrons. The third-order valence-corrected chi connectivity index (χ3v) is 3.10. The molecule has 0 bridgehead atoms. The van der Waals surface area contributed by atoms with Gasteiger partial charge in [0.05, 0.1) is 12.3 Å². The summed E-state index contributed by atoms with van der Waals surface area (Å²) < 4.78 is 19.3. The van der Waals surface area contributed by atoms with Crippen LogP contribution in [-0.4, -0.2) is 16.2 Å². The lowest BCUT2D eigenvalue weighted by Crippen LogP contribution is -2.04. The van der Waals surface area contributed by atoms with E-state index in [1.54, 1.807) is 18.2 Å². The molecule has 0 spiro atoms. The first-order valence-electron chi connectivity index (χ1n) is 6.28. The van der Waals surface area contributed by atoms with E-state index >= 15 is 0 Å². The lowest BCUT2D eigenvalue weighted by Gasteiger charge is -2.13. The summed E-state index contributed by atoms with van der Waals surface area (Å²) >= 11 is 0. The Hall–Kier alpha value is -1.94. The van der Waals surface area contributed by atoms with Gasteiger partial charge >= 0.3 is 0 Å². The third kappa shape index (κ3) is 2.74. The number of ether oxygens (including phenoxy) is 1. The molecule has 19 heavy (non-hydrogen) atoms. The van der Waals surface area contributed by atoms with E-state index in [0.717, 1.165) is 19.0 Å². The van der Waals surface area contributed by atoms with Crippen LogP contribution in [0.3, 0.4) is 0 Å². The second-order valence-corrected chi connectivity index (χ2v) is 4.69. The first-order chi connectivity index (χ1) is 9.24. The fraction of sp³-hybridized carbons (Fsp3) is 0.267. The van der Waals surface area contributed by atoms with Crippen molar-refractivity contribution in [2.45, 2.75) is 25.0 Å². The van der Waals surface area contributed by atoms with Crippen LogP contribution in [0.4, 0.5) is 4.39 Å². The van der Waals surface area contributed by atoms with Gasteiger partial charge in [-0.15, -0.1) is 0 Å². The zero-order valence-corrected chi connectivity index (χ0v) is 10.3. The molecule has 1 unspecified atom stereocenters. The number of aliphatic hydroxyl groups is 1. The maximum atomic E-state index is 13.6. The number of hydrogen-bond donors (Lipinski definition) is 1. The Morgan fingerprint density at radius 3 is 2.89 bits per heavy atom. The van der Waals surface area contributed by atoms with Crippen LogP contribution in [0.1, 0.15) is 30.1 Å². The number of benzene rings is 1. The topological polar surface area (TPSA) is 42.4 Å². The minimum atomic E-state index is -1.01. The Balaban J connectivity index is 1.86. The Morgan fingerprint density at radius 2 is 2.16 bits per heavy atom. The van der Waals surface area contributed by atoms with Gasteiger partial charge < -0.3 is 9.84 Å². The minimum absolute atomic E-state index is 0.221. The molecule has 0 radical (unpaired) electrons. The van der Waals surface area contributed by atoms with Crippen LogP contribution in [0.25, 0.3) is 0 Å². The first kappa shape index (κ1) is 12.1. The van der Waals surface area contributed by atoms with Crippen molar-refractivity contribution in [3.05, 3.63) is 59.7 Å². The van der Waals surface area contributed by atoms with Crippen molar-refractivity contribution in [3.63, 3.8) is 0 Å². The summed E-state index contributed by atoms with van der Waals surface area (Å²) in [5.74, 6) is 0.206. The van der Waals surface area contributed by atoms with Gasteiger partial charge in [0.15, 0.2) is 0 Å². The van der Waals surface area contributed by atoms with Crippen LogP contribution in [0.5, 0.6) is 5.75 Å². The Kier molecular flexibility index (Phi) is 3.17. The molecule has 1 aliphatic carbocycles. The summed E-state index contributed by atoms with van der Waals surface area (Å²) in [5.41, 5.74) is 0.835. The van der Waals surface area contributed by atoms with Crippen molar-refractivity contribution in [2.24, 2.45) is 0 Å². The van der Waals surface area contributed by atoms with E-state index in [1.165, 1.54) is 12.3 Å². The summed E-state index contributed by atoms with van der Waals surface area (Å²) in [7, 11) is 0. The maximum absolute atomic E-state index is 13.6. The molecular weight excluding hydrogens is 245 g/mol. The van der Waals surface area contributed by atoms with Crippen molar-refractivity contribution >= 4 is 0 Å². The van der Waals surface area contributed by atoms with E-state index in [4.69, 9.17) is 4.74 Å². The van der Waals surface area contributed by atoms with Crippen LogP contribution in [0, 0.1) is 5.82 Å². The van der Waals surface area contributed by atoms with Crippen molar-refractivity contribution in [3.8, 4) is 5.75 Å². The second kappa shape index (κ2) is 4.97. The molecule has 1 N–H and O–H groups in total. The van der Waals surface area contributed by atoms with E-state index in [9.17, 15) is 9.50 Å². The highest BCUT2D eigenvalue weighted by molar-refractivity contribution is 5.35. The predicted molar refractivity (Wildman–Crippen MR) is 68.3 cm³/mol. The zero-order chi connectivity index (χ0) is 13.2. The number of hydrogen-bond acceptors (Lipinski definition) is 3. The monoisotopic (exact) mass is 259 g/mol. The van der Waals surface area contributed by atoms with Crippen LogP contribution in [-0.2, 0) is 0 Å². The maximum Gasteiger partial charge on any atom is 0.147 e. The van der Waals surface area contributed by atoms with Gasteiger partial charge in [-0.1, -0.05) is 12.1 Å². The predicted octanol–water partition coefficient (Wildman–Crippen LogP) is 2.84. The quantitative estimate of drug-likeness (QED) is 0.918. The standard InChI is InChI=1S/C15H14FNO2/c16-14-9-17-7-6-13(14)15(18)10-2-1-3-12(8-10)19-11-4-5-11/h1-3,6-9,11,15,18H,4-5H2. The molecule has 1 aromatic carbocycles. The normalized spacial score (nSPS) is 16.1. The molecule has 1 atom stereocenters. The molecule has 1 aromatic heterocycles. The average molecular weight is 259 g/mol. The number of pyridine rings is 1. The van der Waals surface area contributed by atoms with Crippen LogP contribution >= 0.6 is 0 Å². The van der Waals surface area contributed by atoms with Crippen molar-refractivity contribution < 1.29 is 14.2 Å². The molecule has 4 heteroatoms. The van der Waals surface area contributed by atoms with Gasteiger partial charge in [0, 0.05) is 11.8 Å². The molecule has 1 fully saturated rings. The van der Waals surface area contributed by atoms with Crippen LogP contribution < -0.4 is 4.74 Å². The molecule has 1 saturated carbocycles. The summed E-state index contributed by atoms with van der Waals surface area (Å²) in [6, 6.07) is 8.63. The zero-order valence-electron chi connectivity index (χ0n) is 10.3. The van der Waals surface area contributed by atoms with Crippen LogP contribution in [0.2, 0.25) is 0 Å². The summed E-state index contributed by atoms with van der Waals surface area (Å²) in [6.45, 7) is 0. The lowest BCUT2D eigenvalue weighted by atomic mass is 10.0. The molecule has 0 aliphatic heterocycles. The highest BCUT2D eigenvalue weighted by atomic mass is 19.1. The Labute approximate surface area is 110 Å². The molecule has 3 nitrogen and oxygen atoms in total. The molecule has 3 rings (SSSR count). The number of rotatable bonds is 4. The van der Waals surface area contributed by atoms with Gasteiger partial charge in [-0.25, -0.2) is 4.39 Å². The van der Waals surface area contributed by atoms with E-state index < -0.39 is 11.9 Å². The van der Waals surface area contributed by atoms with Crippen molar-refractivity contribution in [1.82, 2.24) is 4.98 Å². The highest BCUT2D eigenvalue weighted by Gasteiger charge is 2.24. The van der Waals surface area contributed by atoms with Crippen molar-refractivity contribution in [2.75, 3.05) is 0 Å². The molecule has 1 heterocycles. The first-order valence-corrected chi connectivity index (χ1v) is 6.28. The van der Waals surface area contributed by atoms with Gasteiger partial charge in [-0.3, -0.25) is 4.98 Å². The SMILES string of the molecule is OC(c1cccc(OC2CC2)c1)c1ccncc1F. The smallest absolute Gasteiger partial charge is 0.147 e. The molecule has 1 aliphatic rings. The third-order valence-electron chi connectivity index (χ3n) is 3.10. The number of halogens is 1. The highest BCUT2D eigenvalue weighted by Crippen LogP contribution is 2.30. The van der Waals surface area contributed by atoms with E-state index in [1.807, 2.05) is 6.07 Å². The minimum Gasteiger partial charge on any atom is -0.490 e. The number of aliphatic hydroxyl groups excluding tert-OH is 1. The van der Waals surface area contributed by atoms with E-state index in [0.29, 0.717) is 17.4 Å². The number of aromatic nitrogens is 1. The van der Waals surface area contributed by atoms with Crippen LogP contribution in [0.15, 0.2) is 42.7 Å². The van der Waals surface area contributed by atoms with Gasteiger partial charge in [0.25, 0.3) is 0 Å². The molecular formula is C15H14FNO2. The molecule has 0 saturated heterocycles. The van der Waals surface area contributed by atoms with Gasteiger partial charge in [-0.05, 0) is 36.6 Å². The summed E-state index contributed by atoms with van der Waals surface area (Å²) in [5, 5.41) is 10.2. The number of nitrogens with zero attached hydrogens (tertiary/aromatic N) is 1. The fourth-order valence-electron chi connectivity index (χ4n) is 1.92. The lowest BCUT2D eigenvalue weighted by molar-refractivity contribution is 0.213. The van der Waals surface area contributed by atoms with Crippen molar-refractivity contribution in [1.29, 1.82) is 0 Å². The van der Waals surface area contributed by atoms with E-state index in [2.05, 4.69) is 4.98 Å². The Bertz CT molecular complexity index is 584. The second-order valence-electron chi connectivity index (χ2n) is 4.69. The van der Waals surface area contributed by atoms with E-state index in [-0.39, 0.29) is 5.56 Å². The molecule has 0 amide bonds. The largest absolute Gasteiger partial charge is 0.490 e. The summed E-state index contributed by atoms with van der Waals surface area (Å²) in [4.78, 5) is 3.68. The summed E-state index contributed by atoms with van der Waals surface area (Å²) in [6.07, 6.45) is 4.00. The van der Waals surface area contributed by atoms with Gasteiger partial charge in [0.1, 0.15) is 17.7 Å².